The van der Waals surface area contributed by atoms with Gasteiger partial charge in [0.2, 0.25) is 11.5 Å². The highest BCUT2D eigenvalue weighted by molar-refractivity contribution is 8.00. The summed E-state index contributed by atoms with van der Waals surface area (Å²) in [6.07, 6.45) is 0. The summed E-state index contributed by atoms with van der Waals surface area (Å²) in [6, 6.07) is -1.76. The van der Waals surface area contributed by atoms with E-state index >= 15 is 0 Å². The van der Waals surface area contributed by atoms with E-state index in [0.29, 0.717) is 6.54 Å². The van der Waals surface area contributed by atoms with Crippen molar-refractivity contribution in [1.29, 1.82) is 0 Å². The molecular weight excluding hydrogens is 591 g/mol. The lowest BCUT2D eigenvalue weighted by molar-refractivity contribution is -0.179. The summed E-state index contributed by atoms with van der Waals surface area (Å²) in [4.78, 5) is 75.5. The van der Waals surface area contributed by atoms with Crippen LogP contribution in [0.25, 0.3) is 0 Å². The van der Waals surface area contributed by atoms with Crippen molar-refractivity contribution in [3.8, 4) is 0 Å². The number of hydrogen-bond acceptors (Lipinski definition) is 14. The van der Waals surface area contributed by atoms with E-state index in [2.05, 4.69) is 20.1 Å². The molecule has 0 spiro atoms. The molecule has 2 fully saturated rings. The van der Waals surface area contributed by atoms with Crippen LogP contribution in [0, 0.1) is 0 Å². The zero-order valence-corrected chi connectivity index (χ0v) is 25.6. The largest absolute Gasteiger partial charge is 0.542 e. The molecule has 228 valence electrons. The molecule has 3 rings (SSSR count). The van der Waals surface area contributed by atoms with Crippen LogP contribution in [-0.4, -0.2) is 111 Å². The van der Waals surface area contributed by atoms with Crippen LogP contribution in [0.5, 0.6) is 0 Å². The van der Waals surface area contributed by atoms with Gasteiger partial charge in [-0.3, -0.25) is 19.4 Å². The number of carbonyl (C=O) groups excluding carboxylic acids is 5. The molecule has 19 heteroatoms. The number of amides is 4. The number of esters is 1. The first-order valence-electron chi connectivity index (χ1n) is 12.6. The SMILES string of the molecule is [B]OC(=O)CN1C(=O)[C@@H](NC(=O)/C(=N\OC(C)(C)C(=O)OC(C)(C)C)c2csc(N)n2)[C@H]1SCN1C(=O)N(N)C[C@H]1C. The molecular formula is C23H33BN8O8S2. The van der Waals surface area contributed by atoms with Crippen molar-refractivity contribution >= 4 is 71.8 Å². The van der Waals surface area contributed by atoms with Crippen molar-refractivity contribution in [3.63, 3.8) is 0 Å². The maximum absolute atomic E-state index is 13.5. The Morgan fingerprint density at radius 3 is 2.43 bits per heavy atom. The molecule has 3 heterocycles. The highest BCUT2D eigenvalue weighted by Crippen LogP contribution is 2.32. The van der Waals surface area contributed by atoms with Crippen LogP contribution in [-0.2, 0) is 33.4 Å². The molecule has 3 atom stereocenters. The van der Waals surface area contributed by atoms with Crippen LogP contribution in [0.15, 0.2) is 10.5 Å². The minimum Gasteiger partial charge on any atom is -0.542 e. The lowest BCUT2D eigenvalue weighted by Crippen LogP contribution is -2.71. The third kappa shape index (κ3) is 7.63. The molecule has 42 heavy (non-hydrogen) atoms. The topological polar surface area (TPSA) is 212 Å². The Bertz CT molecular complexity index is 1270. The van der Waals surface area contributed by atoms with Gasteiger partial charge in [0.25, 0.3) is 5.91 Å². The van der Waals surface area contributed by atoms with Crippen LogP contribution in [0.4, 0.5) is 9.93 Å². The molecule has 0 aliphatic carbocycles. The average Bonchev–Trinajstić information content (AvgIpc) is 3.42. The Hall–Kier alpha value is -3.58. The molecule has 16 nitrogen and oxygen atoms in total. The van der Waals surface area contributed by atoms with Crippen LogP contribution < -0.4 is 16.9 Å². The Kier molecular flexibility index (Phi) is 9.99. The first-order valence-corrected chi connectivity index (χ1v) is 14.5. The van der Waals surface area contributed by atoms with E-state index in [1.54, 1.807) is 27.7 Å². The summed E-state index contributed by atoms with van der Waals surface area (Å²) in [5, 5.41) is 8.35. The second-order valence-corrected chi connectivity index (χ2v) is 12.9. The van der Waals surface area contributed by atoms with Gasteiger partial charge in [-0.2, -0.15) is 0 Å². The summed E-state index contributed by atoms with van der Waals surface area (Å²) in [6.45, 7) is 9.52. The maximum Gasteiger partial charge on any atom is 0.378 e. The van der Waals surface area contributed by atoms with Gasteiger partial charge in [-0.15, -0.1) is 23.1 Å². The fourth-order valence-electron chi connectivity index (χ4n) is 3.75. The fraction of sp³-hybridized carbons (Fsp3) is 0.609. The Balaban J connectivity index is 1.82. The second kappa shape index (κ2) is 12.7. The Labute approximate surface area is 251 Å². The quantitative estimate of drug-likeness (QED) is 0.0543. The predicted molar refractivity (Wildman–Crippen MR) is 153 cm³/mol. The zero-order chi connectivity index (χ0) is 31.6. The minimum atomic E-state index is -1.60. The van der Waals surface area contributed by atoms with Gasteiger partial charge in [0, 0.05) is 5.38 Å². The standard InChI is InChI=1S/C23H33BN8O8S2/c1-11-7-32(26)21(37)31(11)10-42-18-15(17(35)30(18)8-13(33)39-24)28-16(34)14(12-9-41-20(25)27-12)29-40-23(5,6)19(36)38-22(2,3)4/h9,11,15,18H,7-8,10,26H2,1-6H3,(H2,25,27)(H,28,34)/b29-14-/t11-,15-,18-/m1/s1. The summed E-state index contributed by atoms with van der Waals surface area (Å²) < 4.78 is 9.56. The van der Waals surface area contributed by atoms with Gasteiger partial charge in [0.15, 0.2) is 10.8 Å². The monoisotopic (exact) mass is 624 g/mol. The number of carbonyl (C=O) groups is 5. The Morgan fingerprint density at radius 2 is 1.90 bits per heavy atom. The third-order valence-corrected chi connectivity index (χ3v) is 7.93. The molecule has 0 aromatic carbocycles. The number of nitrogens with zero attached hydrogens (tertiary/aromatic N) is 5. The fourth-order valence-corrected chi connectivity index (χ4v) is 5.71. The molecule has 2 radical (unpaired) electrons. The van der Waals surface area contributed by atoms with E-state index in [1.165, 1.54) is 24.1 Å². The third-order valence-electron chi connectivity index (χ3n) is 5.96. The number of urea groups is 1. The van der Waals surface area contributed by atoms with E-state index in [0.717, 1.165) is 33.0 Å². The van der Waals surface area contributed by atoms with Crippen LogP contribution in [0.3, 0.4) is 0 Å². The molecule has 4 amide bonds. The van der Waals surface area contributed by atoms with Crippen molar-refractivity contribution in [3.05, 3.63) is 11.1 Å². The van der Waals surface area contributed by atoms with E-state index in [1.807, 2.05) is 0 Å². The number of thioether (sulfide) groups is 1. The molecule has 2 saturated heterocycles. The number of likely N-dealkylation sites (tertiary alicyclic amines) is 1. The number of β-lactam (4-membered cyclic amide) rings is 1. The number of rotatable bonds is 11. The van der Waals surface area contributed by atoms with Crippen molar-refractivity contribution < 1.29 is 38.2 Å². The van der Waals surface area contributed by atoms with Gasteiger partial charge >= 0.3 is 26.0 Å². The van der Waals surface area contributed by atoms with Gasteiger partial charge in [-0.05, 0) is 41.5 Å². The number of aromatic nitrogens is 1. The first-order chi connectivity index (χ1) is 19.4. The number of nitrogens with two attached hydrogens (primary N) is 2. The summed E-state index contributed by atoms with van der Waals surface area (Å²) >= 11 is 2.16. The molecule has 1 aromatic rings. The predicted octanol–water partition coefficient (Wildman–Crippen LogP) is -0.463. The van der Waals surface area contributed by atoms with E-state index in [9.17, 15) is 24.0 Å². The molecule has 1 aromatic heterocycles. The number of hydrogen-bond donors (Lipinski definition) is 3. The molecule has 0 unspecified atom stereocenters. The van der Waals surface area contributed by atoms with Gasteiger partial charge in [-0.1, -0.05) is 5.16 Å². The van der Waals surface area contributed by atoms with Gasteiger partial charge in [0.05, 0.1) is 18.5 Å². The van der Waals surface area contributed by atoms with Crippen LogP contribution in [0.1, 0.15) is 47.2 Å². The van der Waals surface area contributed by atoms with Gasteiger partial charge < -0.3 is 35.1 Å². The normalized spacial score (nSPS) is 21.3. The molecule has 0 saturated carbocycles. The van der Waals surface area contributed by atoms with E-state index in [-0.39, 0.29) is 28.5 Å². The molecule has 0 bridgehead atoms. The molecule has 5 N–H and O–H groups in total. The number of nitrogen functional groups attached to an aromatic ring is 1. The highest BCUT2D eigenvalue weighted by Gasteiger charge is 2.50. The lowest BCUT2D eigenvalue weighted by atomic mass is 10.1. The summed E-state index contributed by atoms with van der Waals surface area (Å²) in [5.41, 5.74) is 3.03. The van der Waals surface area contributed by atoms with Gasteiger partial charge in [-0.25, -0.2) is 20.4 Å². The summed E-state index contributed by atoms with van der Waals surface area (Å²) in [7, 11) is 4.95. The molecule has 2 aliphatic heterocycles. The van der Waals surface area contributed by atoms with Crippen molar-refractivity contribution in [2.75, 3.05) is 24.7 Å². The second-order valence-electron chi connectivity index (χ2n) is 11.0. The number of nitrogens with one attached hydrogen (secondary N) is 1. The molecule has 2 aliphatic rings. The van der Waals surface area contributed by atoms with Gasteiger partial charge in [0.1, 0.15) is 29.3 Å². The number of oxime groups is 1. The minimum absolute atomic E-state index is 0.0362. The number of hydrazine groups is 1. The summed E-state index contributed by atoms with van der Waals surface area (Å²) in [5.74, 6) is 2.71. The van der Waals surface area contributed by atoms with E-state index < -0.39 is 58.9 Å². The average molecular weight is 625 g/mol. The number of thiazole rings is 1. The van der Waals surface area contributed by atoms with Crippen molar-refractivity contribution in [1.82, 2.24) is 25.1 Å². The smallest absolute Gasteiger partial charge is 0.378 e. The maximum atomic E-state index is 13.5. The zero-order valence-electron chi connectivity index (χ0n) is 24.0. The van der Waals surface area contributed by atoms with E-state index in [4.69, 9.17) is 29.2 Å². The number of ether oxygens (including phenoxy) is 1. The Morgan fingerprint density at radius 1 is 1.24 bits per heavy atom. The first kappa shape index (κ1) is 32.9. The van der Waals surface area contributed by atoms with Crippen molar-refractivity contribution in [2.45, 2.75) is 70.2 Å². The number of anilines is 1. The lowest BCUT2D eigenvalue weighted by Gasteiger charge is -2.46. The van der Waals surface area contributed by atoms with Crippen molar-refractivity contribution in [2.24, 2.45) is 11.0 Å². The highest BCUT2D eigenvalue weighted by atomic mass is 32.2. The van der Waals surface area contributed by atoms with Crippen LogP contribution in [0.2, 0.25) is 0 Å². The van der Waals surface area contributed by atoms with Crippen LogP contribution >= 0.6 is 23.1 Å².